The summed E-state index contributed by atoms with van der Waals surface area (Å²) in [5.74, 6) is 0.961. The number of fused-ring (bicyclic) bond motifs is 1. The molecule has 0 spiro atoms. The summed E-state index contributed by atoms with van der Waals surface area (Å²) in [6.45, 7) is 6.79. The number of nitrogens with one attached hydrogen (secondary N) is 2. The van der Waals surface area contributed by atoms with Crippen LogP contribution >= 0.6 is 0 Å². The van der Waals surface area contributed by atoms with Crippen LogP contribution in [-0.2, 0) is 11.2 Å². The third kappa shape index (κ3) is 4.11. The minimum absolute atomic E-state index is 0.244. The quantitative estimate of drug-likeness (QED) is 0.772. The molecule has 0 fully saturated rings. The Balaban J connectivity index is 1.91. The molecule has 1 heterocycles. The minimum atomic E-state index is 0.244. The molecule has 0 aliphatic carbocycles. The molecule has 2 atom stereocenters. The van der Waals surface area contributed by atoms with Crippen LogP contribution in [0.2, 0.25) is 0 Å². The van der Waals surface area contributed by atoms with Gasteiger partial charge in [-0.1, -0.05) is 6.07 Å². The zero-order chi connectivity index (χ0) is 13.7. The van der Waals surface area contributed by atoms with Crippen LogP contribution in [0.3, 0.4) is 0 Å². The zero-order valence-electron chi connectivity index (χ0n) is 12.0. The summed E-state index contributed by atoms with van der Waals surface area (Å²) in [6, 6.07) is 6.84. The summed E-state index contributed by atoms with van der Waals surface area (Å²) < 4.78 is 10.8. The third-order valence-electron chi connectivity index (χ3n) is 3.29. The lowest BCUT2D eigenvalue weighted by Gasteiger charge is -2.25. The number of ether oxygens (including phenoxy) is 2. The highest BCUT2D eigenvalue weighted by Gasteiger charge is 2.15. The van der Waals surface area contributed by atoms with Gasteiger partial charge in [0.25, 0.3) is 0 Å². The maximum atomic E-state index is 5.78. The Bertz CT molecular complexity index is 409. The van der Waals surface area contributed by atoms with Gasteiger partial charge in [-0.05, 0) is 38.0 Å². The predicted octanol–water partition coefficient (Wildman–Crippen LogP) is 2.05. The number of benzene rings is 1. The Labute approximate surface area is 115 Å². The Hall–Kier alpha value is -1.26. The van der Waals surface area contributed by atoms with Gasteiger partial charge in [0, 0.05) is 19.7 Å². The highest BCUT2D eigenvalue weighted by Crippen LogP contribution is 2.30. The second-order valence-electron chi connectivity index (χ2n) is 5.19. The smallest absolute Gasteiger partial charge is 0.142 e. The standard InChI is InChI=1S/C15H24N2O2/c1-11(16-6-7-18-3)8-13-4-5-15-14(9-13)17-10-12(2)19-15/h4-5,9,11-12,16-17H,6-8,10H2,1-3H3. The molecular weight excluding hydrogens is 240 g/mol. The summed E-state index contributed by atoms with van der Waals surface area (Å²) in [7, 11) is 1.72. The Kier molecular flexibility index (Phi) is 5.05. The summed E-state index contributed by atoms with van der Waals surface area (Å²) >= 11 is 0. The maximum Gasteiger partial charge on any atom is 0.142 e. The van der Waals surface area contributed by atoms with Crippen LogP contribution in [0.5, 0.6) is 5.75 Å². The zero-order valence-corrected chi connectivity index (χ0v) is 12.0. The SMILES string of the molecule is COCCNC(C)Cc1ccc2c(c1)NCC(C)O2. The topological polar surface area (TPSA) is 42.5 Å². The van der Waals surface area contributed by atoms with Gasteiger partial charge in [0.1, 0.15) is 11.9 Å². The fourth-order valence-electron chi connectivity index (χ4n) is 2.29. The Morgan fingerprint density at radius 2 is 2.37 bits per heavy atom. The fourth-order valence-corrected chi connectivity index (χ4v) is 2.29. The first-order valence-corrected chi connectivity index (χ1v) is 6.95. The lowest BCUT2D eigenvalue weighted by atomic mass is 10.1. The van der Waals surface area contributed by atoms with Gasteiger partial charge in [0.15, 0.2) is 0 Å². The van der Waals surface area contributed by atoms with E-state index in [2.05, 4.69) is 42.7 Å². The van der Waals surface area contributed by atoms with E-state index in [1.807, 2.05) is 0 Å². The van der Waals surface area contributed by atoms with E-state index in [0.717, 1.165) is 37.6 Å². The number of hydrogen-bond donors (Lipinski definition) is 2. The second-order valence-corrected chi connectivity index (χ2v) is 5.19. The van der Waals surface area contributed by atoms with Crippen molar-refractivity contribution in [2.45, 2.75) is 32.4 Å². The average molecular weight is 264 g/mol. The van der Waals surface area contributed by atoms with Gasteiger partial charge in [-0.3, -0.25) is 0 Å². The van der Waals surface area contributed by atoms with Crippen LogP contribution in [0, 0.1) is 0 Å². The van der Waals surface area contributed by atoms with Crippen LogP contribution in [0.15, 0.2) is 18.2 Å². The van der Waals surface area contributed by atoms with Crippen LogP contribution in [0.25, 0.3) is 0 Å². The molecule has 1 aromatic carbocycles. The molecule has 2 N–H and O–H groups in total. The molecule has 4 heteroatoms. The number of hydrogen-bond acceptors (Lipinski definition) is 4. The molecule has 1 aliphatic rings. The molecule has 2 rings (SSSR count). The molecular formula is C15H24N2O2. The number of methoxy groups -OCH3 is 1. The molecule has 0 aromatic heterocycles. The van der Waals surface area contributed by atoms with Crippen LogP contribution in [0.1, 0.15) is 19.4 Å². The van der Waals surface area contributed by atoms with Gasteiger partial charge in [-0.25, -0.2) is 0 Å². The molecule has 2 unspecified atom stereocenters. The first-order valence-electron chi connectivity index (χ1n) is 6.95. The molecule has 1 aromatic rings. The van der Waals surface area contributed by atoms with E-state index >= 15 is 0 Å². The van der Waals surface area contributed by atoms with Crippen molar-refractivity contribution in [1.29, 1.82) is 0 Å². The number of rotatable bonds is 6. The van der Waals surface area contributed by atoms with Crippen molar-refractivity contribution in [1.82, 2.24) is 5.32 Å². The van der Waals surface area contributed by atoms with Gasteiger partial charge in [-0.2, -0.15) is 0 Å². The molecule has 0 saturated carbocycles. The lowest BCUT2D eigenvalue weighted by Crippen LogP contribution is -2.31. The molecule has 0 radical (unpaired) electrons. The van der Waals surface area contributed by atoms with Crippen LogP contribution < -0.4 is 15.4 Å². The first-order chi connectivity index (χ1) is 9.19. The summed E-state index contributed by atoms with van der Waals surface area (Å²) in [5.41, 5.74) is 2.43. The molecule has 0 amide bonds. The molecule has 106 valence electrons. The van der Waals surface area contributed by atoms with Crippen molar-refractivity contribution in [3.05, 3.63) is 23.8 Å². The molecule has 4 nitrogen and oxygen atoms in total. The minimum Gasteiger partial charge on any atom is -0.487 e. The first kappa shape index (κ1) is 14.2. The third-order valence-corrected chi connectivity index (χ3v) is 3.29. The van der Waals surface area contributed by atoms with E-state index in [4.69, 9.17) is 9.47 Å². The highest BCUT2D eigenvalue weighted by atomic mass is 16.5. The van der Waals surface area contributed by atoms with E-state index in [1.165, 1.54) is 5.56 Å². The van der Waals surface area contributed by atoms with E-state index in [9.17, 15) is 0 Å². The van der Waals surface area contributed by atoms with E-state index in [1.54, 1.807) is 7.11 Å². The Morgan fingerprint density at radius 1 is 1.53 bits per heavy atom. The number of anilines is 1. The normalized spacial score (nSPS) is 19.2. The van der Waals surface area contributed by atoms with Crippen LogP contribution in [-0.4, -0.2) is 39.0 Å². The average Bonchev–Trinajstić information content (AvgIpc) is 2.39. The predicted molar refractivity (Wildman–Crippen MR) is 78.1 cm³/mol. The summed E-state index contributed by atoms with van der Waals surface area (Å²) in [6.07, 6.45) is 1.25. The van der Waals surface area contributed by atoms with Crippen LogP contribution in [0.4, 0.5) is 5.69 Å². The van der Waals surface area contributed by atoms with Crippen molar-refractivity contribution < 1.29 is 9.47 Å². The fraction of sp³-hybridized carbons (Fsp3) is 0.600. The summed E-state index contributed by atoms with van der Waals surface area (Å²) in [4.78, 5) is 0. The molecule has 0 saturated heterocycles. The van der Waals surface area contributed by atoms with Gasteiger partial charge in [0.2, 0.25) is 0 Å². The van der Waals surface area contributed by atoms with Gasteiger partial charge in [-0.15, -0.1) is 0 Å². The molecule has 19 heavy (non-hydrogen) atoms. The van der Waals surface area contributed by atoms with Gasteiger partial charge >= 0.3 is 0 Å². The largest absolute Gasteiger partial charge is 0.487 e. The van der Waals surface area contributed by atoms with Gasteiger partial charge < -0.3 is 20.1 Å². The van der Waals surface area contributed by atoms with E-state index in [-0.39, 0.29) is 6.10 Å². The van der Waals surface area contributed by atoms with Crippen molar-refractivity contribution in [3.63, 3.8) is 0 Å². The maximum absolute atomic E-state index is 5.78. The monoisotopic (exact) mass is 264 g/mol. The van der Waals surface area contributed by atoms with Gasteiger partial charge in [0.05, 0.1) is 18.8 Å². The second kappa shape index (κ2) is 6.78. The van der Waals surface area contributed by atoms with E-state index in [0.29, 0.717) is 6.04 Å². The van der Waals surface area contributed by atoms with Crippen molar-refractivity contribution in [2.24, 2.45) is 0 Å². The van der Waals surface area contributed by atoms with Crippen molar-refractivity contribution in [2.75, 3.05) is 32.1 Å². The Morgan fingerprint density at radius 3 is 3.16 bits per heavy atom. The van der Waals surface area contributed by atoms with E-state index < -0.39 is 0 Å². The molecule has 1 aliphatic heterocycles. The highest BCUT2D eigenvalue weighted by molar-refractivity contribution is 5.59. The van der Waals surface area contributed by atoms with Crippen molar-refractivity contribution >= 4 is 5.69 Å². The molecule has 0 bridgehead atoms. The summed E-state index contributed by atoms with van der Waals surface area (Å²) in [5, 5.41) is 6.86. The lowest BCUT2D eigenvalue weighted by molar-refractivity contribution is 0.196. The van der Waals surface area contributed by atoms with Crippen molar-refractivity contribution in [3.8, 4) is 5.75 Å².